The van der Waals surface area contributed by atoms with E-state index in [4.69, 9.17) is 14.6 Å². The molecule has 0 unspecified atom stereocenters. The topological polar surface area (TPSA) is 95.6 Å². The molecule has 0 bridgehead atoms. The maximum absolute atomic E-state index is 12.8. The molecule has 1 amide bonds. The molecule has 29 heavy (non-hydrogen) atoms. The number of esters is 1. The van der Waals surface area contributed by atoms with E-state index in [1.165, 1.54) is 18.4 Å². The van der Waals surface area contributed by atoms with E-state index in [0.29, 0.717) is 10.6 Å². The van der Waals surface area contributed by atoms with Crippen molar-refractivity contribution in [1.82, 2.24) is 0 Å². The lowest BCUT2D eigenvalue weighted by Gasteiger charge is -2.21. The van der Waals surface area contributed by atoms with Crippen molar-refractivity contribution < 1.29 is 18.7 Å². The maximum Gasteiger partial charge on any atom is 0.340 e. The minimum Gasteiger partial charge on any atom is -0.465 e. The molecule has 3 aromatic rings. The number of fused-ring (bicyclic) bond motifs is 1. The van der Waals surface area contributed by atoms with Crippen LogP contribution >= 0.6 is 11.3 Å². The van der Waals surface area contributed by atoms with Crippen LogP contribution in [0.4, 0.5) is 10.7 Å². The van der Waals surface area contributed by atoms with Gasteiger partial charge >= 0.3 is 5.97 Å². The number of rotatable bonds is 6. The molecule has 1 aromatic carbocycles. The van der Waals surface area contributed by atoms with Crippen molar-refractivity contribution in [1.29, 1.82) is 5.41 Å². The zero-order valence-corrected chi connectivity index (χ0v) is 17.6. The molecule has 8 heteroatoms. The number of thiophene rings is 1. The van der Waals surface area contributed by atoms with Crippen molar-refractivity contribution in [2.45, 2.75) is 20.8 Å². The maximum atomic E-state index is 12.8. The standard InChI is InChI=1S/C21H23N3O4S/c1-5-24(6-2)14-8-7-13-10-15(18(22)28-17(13)11-14)19(25)23-20-16(21(26)27-4)9-12(3)29-20/h7-11,22H,5-6H2,1-4H3,(H,23,25). The highest BCUT2D eigenvalue weighted by atomic mass is 32.1. The van der Waals surface area contributed by atoms with E-state index >= 15 is 0 Å². The van der Waals surface area contributed by atoms with Crippen LogP contribution in [0.3, 0.4) is 0 Å². The fourth-order valence-electron chi connectivity index (χ4n) is 3.11. The molecule has 0 aliphatic carbocycles. The number of benzene rings is 1. The van der Waals surface area contributed by atoms with Crippen molar-refractivity contribution in [2.24, 2.45) is 0 Å². The van der Waals surface area contributed by atoms with Gasteiger partial charge in [0.25, 0.3) is 5.91 Å². The van der Waals surface area contributed by atoms with Crippen LogP contribution in [0.15, 0.2) is 34.7 Å². The van der Waals surface area contributed by atoms with E-state index in [2.05, 4.69) is 24.1 Å². The highest BCUT2D eigenvalue weighted by Gasteiger charge is 2.20. The number of carbonyl (C=O) groups is 2. The third-order valence-electron chi connectivity index (χ3n) is 4.61. The lowest BCUT2D eigenvalue weighted by molar-refractivity contribution is 0.0602. The van der Waals surface area contributed by atoms with Crippen molar-refractivity contribution in [3.05, 3.63) is 51.9 Å². The minimum atomic E-state index is -0.525. The van der Waals surface area contributed by atoms with Crippen molar-refractivity contribution in [3.63, 3.8) is 0 Å². The number of amides is 1. The van der Waals surface area contributed by atoms with Gasteiger partial charge < -0.3 is 19.4 Å². The number of nitrogens with zero attached hydrogens (tertiary/aromatic N) is 1. The summed E-state index contributed by atoms with van der Waals surface area (Å²) in [4.78, 5) is 27.7. The summed E-state index contributed by atoms with van der Waals surface area (Å²) < 4.78 is 10.4. The number of carbonyl (C=O) groups excluding carboxylic acids is 2. The number of anilines is 2. The number of hydrogen-bond acceptors (Lipinski definition) is 7. The Labute approximate surface area is 172 Å². The van der Waals surface area contributed by atoms with Gasteiger partial charge in [0.2, 0.25) is 5.55 Å². The SMILES string of the molecule is CCN(CC)c1ccc2cc(C(=O)Nc3sc(C)cc3C(=O)OC)c(=N)oc2c1. The van der Waals surface area contributed by atoms with Gasteiger partial charge in [-0.15, -0.1) is 11.3 Å². The normalized spacial score (nSPS) is 10.8. The van der Waals surface area contributed by atoms with Gasteiger partial charge in [0.05, 0.1) is 12.7 Å². The first-order valence-electron chi connectivity index (χ1n) is 9.25. The van der Waals surface area contributed by atoms with E-state index in [-0.39, 0.29) is 16.7 Å². The first-order valence-corrected chi connectivity index (χ1v) is 10.1. The van der Waals surface area contributed by atoms with Gasteiger partial charge in [-0.05, 0) is 45.0 Å². The van der Waals surface area contributed by atoms with Crippen molar-refractivity contribution in [3.8, 4) is 0 Å². The molecule has 0 radical (unpaired) electrons. The molecule has 0 saturated carbocycles. The van der Waals surface area contributed by atoms with Crippen LogP contribution in [0.2, 0.25) is 0 Å². The largest absolute Gasteiger partial charge is 0.465 e. The Morgan fingerprint density at radius 3 is 2.55 bits per heavy atom. The second-order valence-corrected chi connectivity index (χ2v) is 7.69. The van der Waals surface area contributed by atoms with Gasteiger partial charge in [0.15, 0.2) is 0 Å². The van der Waals surface area contributed by atoms with Gasteiger partial charge in [-0.1, -0.05) is 0 Å². The van der Waals surface area contributed by atoms with E-state index in [1.54, 1.807) is 12.1 Å². The Morgan fingerprint density at radius 2 is 1.90 bits per heavy atom. The molecule has 0 aliphatic rings. The van der Waals surface area contributed by atoms with Crippen LogP contribution in [0, 0.1) is 12.3 Å². The molecular weight excluding hydrogens is 390 g/mol. The molecule has 2 N–H and O–H groups in total. The van der Waals surface area contributed by atoms with E-state index in [9.17, 15) is 9.59 Å². The summed E-state index contributed by atoms with van der Waals surface area (Å²) in [6.07, 6.45) is 0. The number of nitrogens with one attached hydrogen (secondary N) is 2. The minimum absolute atomic E-state index is 0.0926. The molecule has 2 aromatic heterocycles. The van der Waals surface area contributed by atoms with Crippen LogP contribution in [-0.2, 0) is 4.74 Å². The van der Waals surface area contributed by atoms with Crippen LogP contribution < -0.4 is 15.8 Å². The van der Waals surface area contributed by atoms with E-state index in [0.717, 1.165) is 29.0 Å². The fourth-order valence-corrected chi connectivity index (χ4v) is 4.00. The number of methoxy groups -OCH3 is 1. The van der Waals surface area contributed by atoms with Gasteiger partial charge in [-0.25, -0.2) is 4.79 Å². The summed E-state index contributed by atoms with van der Waals surface area (Å²) in [5, 5.41) is 12.0. The Morgan fingerprint density at radius 1 is 1.17 bits per heavy atom. The van der Waals surface area contributed by atoms with Crippen molar-refractivity contribution >= 4 is 44.9 Å². The fraction of sp³-hybridized carbons (Fsp3) is 0.286. The summed E-state index contributed by atoms with van der Waals surface area (Å²) >= 11 is 1.27. The Bertz CT molecular complexity index is 1130. The Kier molecular flexibility index (Phi) is 6.03. The molecule has 0 saturated heterocycles. The molecule has 2 heterocycles. The molecule has 7 nitrogen and oxygen atoms in total. The van der Waals surface area contributed by atoms with Crippen LogP contribution in [-0.4, -0.2) is 32.1 Å². The summed E-state index contributed by atoms with van der Waals surface area (Å²) in [6.45, 7) is 7.70. The highest BCUT2D eigenvalue weighted by Crippen LogP contribution is 2.29. The van der Waals surface area contributed by atoms with Gasteiger partial charge in [0.1, 0.15) is 16.1 Å². The molecule has 0 aliphatic heterocycles. The van der Waals surface area contributed by atoms with Crippen molar-refractivity contribution in [2.75, 3.05) is 30.4 Å². The van der Waals surface area contributed by atoms with Crippen LogP contribution in [0.5, 0.6) is 0 Å². The molecule has 152 valence electrons. The zero-order valence-electron chi connectivity index (χ0n) is 16.8. The average Bonchev–Trinajstić information content (AvgIpc) is 3.07. The Balaban J connectivity index is 1.95. The van der Waals surface area contributed by atoms with E-state index < -0.39 is 11.9 Å². The highest BCUT2D eigenvalue weighted by molar-refractivity contribution is 7.16. The summed E-state index contributed by atoms with van der Waals surface area (Å²) in [6, 6.07) is 9.00. The Hall–Kier alpha value is -3.13. The predicted octanol–water partition coefficient (Wildman–Crippen LogP) is 4.17. The smallest absolute Gasteiger partial charge is 0.340 e. The second kappa shape index (κ2) is 8.48. The average molecular weight is 413 g/mol. The molecular formula is C21H23N3O4S. The lowest BCUT2D eigenvalue weighted by atomic mass is 10.1. The van der Waals surface area contributed by atoms with Crippen LogP contribution in [0.25, 0.3) is 11.0 Å². The quantitative estimate of drug-likeness (QED) is 0.592. The predicted molar refractivity (Wildman–Crippen MR) is 114 cm³/mol. The van der Waals surface area contributed by atoms with E-state index in [1.807, 2.05) is 25.1 Å². The first kappa shape index (κ1) is 20.6. The summed E-state index contributed by atoms with van der Waals surface area (Å²) in [7, 11) is 1.29. The summed E-state index contributed by atoms with van der Waals surface area (Å²) in [5.41, 5.74) is 1.68. The molecule has 0 fully saturated rings. The van der Waals surface area contributed by atoms with Gasteiger partial charge in [-0.2, -0.15) is 0 Å². The third kappa shape index (κ3) is 4.17. The number of aryl methyl sites for hydroxylation is 1. The first-order chi connectivity index (χ1) is 13.9. The summed E-state index contributed by atoms with van der Waals surface area (Å²) in [5.74, 6) is -1.04. The molecule has 3 rings (SSSR count). The number of hydrogen-bond donors (Lipinski definition) is 2. The molecule has 0 atom stereocenters. The third-order valence-corrected chi connectivity index (χ3v) is 5.58. The second-order valence-electron chi connectivity index (χ2n) is 6.43. The number of ether oxygens (including phenoxy) is 1. The van der Waals surface area contributed by atoms with Crippen LogP contribution in [0.1, 0.15) is 39.4 Å². The zero-order chi connectivity index (χ0) is 21.1. The molecule has 0 spiro atoms. The monoisotopic (exact) mass is 413 g/mol. The lowest BCUT2D eigenvalue weighted by Crippen LogP contribution is -2.22. The van der Waals surface area contributed by atoms with Gasteiger partial charge in [-0.3, -0.25) is 10.2 Å². The van der Waals surface area contributed by atoms with Gasteiger partial charge in [0, 0.05) is 35.1 Å².